The first-order valence-corrected chi connectivity index (χ1v) is 12.8. The van der Waals surface area contributed by atoms with Gasteiger partial charge in [-0.05, 0) is 72.8 Å². The largest absolute Gasteiger partial charge is 0.450 e. The van der Waals surface area contributed by atoms with Crippen molar-refractivity contribution in [3.05, 3.63) is 143 Å². The van der Waals surface area contributed by atoms with E-state index in [9.17, 15) is 20.1 Å². The molecule has 0 saturated carbocycles. The third kappa shape index (κ3) is 6.35. The number of nitrogens with zero attached hydrogens (tertiary/aromatic N) is 2. The number of hydrogen-bond donors (Lipinski definition) is 0. The van der Waals surface area contributed by atoms with E-state index in [1.54, 1.807) is 60.7 Å². The second-order valence-corrected chi connectivity index (χ2v) is 8.92. The molecule has 0 aliphatic rings. The molecule has 5 aromatic rings. The molecule has 0 heterocycles. The van der Waals surface area contributed by atoms with Gasteiger partial charge in [-0.3, -0.25) is 0 Å². The standard InChI is InChI=1S/C34H18F2N2O6/c35-29-27(19-37)28(20-38)30(36)32(42-26-17-13-22(14-18-26)34(40)44-24-9-5-2-6-10-24)31(29)41-25-15-11-21(12-16-25)33(39)43-23-7-3-1-4-8-23/h1-18H. The van der Waals surface area contributed by atoms with Crippen LogP contribution >= 0.6 is 0 Å². The summed E-state index contributed by atoms with van der Waals surface area (Å²) >= 11 is 0. The lowest BCUT2D eigenvalue weighted by Gasteiger charge is -2.16. The van der Waals surface area contributed by atoms with Crippen molar-refractivity contribution < 1.29 is 37.3 Å². The molecule has 0 aliphatic carbocycles. The number of para-hydroxylation sites is 2. The van der Waals surface area contributed by atoms with Crippen molar-refractivity contribution in [2.24, 2.45) is 0 Å². The van der Waals surface area contributed by atoms with Gasteiger partial charge >= 0.3 is 11.9 Å². The monoisotopic (exact) mass is 588 g/mol. The average molecular weight is 589 g/mol. The molecule has 0 radical (unpaired) electrons. The topological polar surface area (TPSA) is 119 Å². The highest BCUT2D eigenvalue weighted by Crippen LogP contribution is 2.42. The summed E-state index contributed by atoms with van der Waals surface area (Å²) in [6.07, 6.45) is 0. The molecule has 0 amide bonds. The molecule has 5 rings (SSSR count). The molecule has 5 aromatic carbocycles. The summed E-state index contributed by atoms with van der Waals surface area (Å²) in [7, 11) is 0. The summed E-state index contributed by atoms with van der Waals surface area (Å²) in [5, 5.41) is 18.9. The van der Waals surface area contributed by atoms with Gasteiger partial charge in [0.1, 0.15) is 46.3 Å². The minimum atomic E-state index is -1.34. The minimum absolute atomic E-state index is 0.0444. The molecule has 0 spiro atoms. The van der Waals surface area contributed by atoms with E-state index < -0.39 is 46.2 Å². The molecule has 0 aliphatic heterocycles. The van der Waals surface area contributed by atoms with Crippen LogP contribution in [0.1, 0.15) is 31.8 Å². The summed E-state index contributed by atoms with van der Waals surface area (Å²) in [6.45, 7) is 0. The van der Waals surface area contributed by atoms with Gasteiger partial charge < -0.3 is 18.9 Å². The van der Waals surface area contributed by atoms with Crippen molar-refractivity contribution in [2.75, 3.05) is 0 Å². The lowest BCUT2D eigenvalue weighted by atomic mass is 10.1. The molecule has 0 bridgehead atoms. The van der Waals surface area contributed by atoms with Crippen LogP contribution < -0.4 is 18.9 Å². The Morgan fingerprint density at radius 2 is 0.841 bits per heavy atom. The molecule has 0 fully saturated rings. The molecule has 10 heteroatoms. The Balaban J connectivity index is 1.41. The highest BCUT2D eigenvalue weighted by atomic mass is 19.1. The number of carbonyl (C=O) groups excluding carboxylic acids is 2. The van der Waals surface area contributed by atoms with Crippen molar-refractivity contribution in [3.8, 4) is 46.6 Å². The normalized spacial score (nSPS) is 10.2. The van der Waals surface area contributed by atoms with E-state index in [2.05, 4.69) is 0 Å². The number of carbonyl (C=O) groups is 2. The van der Waals surface area contributed by atoms with Crippen LogP contribution in [0.15, 0.2) is 109 Å². The summed E-state index contributed by atoms with van der Waals surface area (Å²) in [6, 6.07) is 30.3. The van der Waals surface area contributed by atoms with E-state index in [-0.39, 0.29) is 22.6 Å². The fraction of sp³-hybridized carbons (Fsp3) is 0. The number of hydrogen-bond acceptors (Lipinski definition) is 8. The van der Waals surface area contributed by atoms with Crippen LogP contribution in [-0.2, 0) is 0 Å². The molecule has 0 aromatic heterocycles. The maximum atomic E-state index is 15.5. The fourth-order valence-corrected chi connectivity index (χ4v) is 3.90. The van der Waals surface area contributed by atoms with Gasteiger partial charge in [0, 0.05) is 0 Å². The van der Waals surface area contributed by atoms with Gasteiger partial charge in [-0.2, -0.15) is 10.5 Å². The van der Waals surface area contributed by atoms with Gasteiger partial charge in [0.05, 0.1) is 11.1 Å². The number of halogens is 2. The SMILES string of the molecule is N#Cc1c(F)c(Oc2ccc(C(=O)Oc3ccccc3)cc2)c(Oc2ccc(C(=O)Oc3ccccc3)cc2)c(F)c1C#N. The number of benzene rings is 5. The summed E-state index contributed by atoms with van der Waals surface area (Å²) in [5.74, 6) is -5.05. The predicted molar refractivity (Wildman–Crippen MR) is 152 cm³/mol. The van der Waals surface area contributed by atoms with Crippen molar-refractivity contribution in [2.45, 2.75) is 0 Å². The zero-order valence-electron chi connectivity index (χ0n) is 22.5. The van der Waals surface area contributed by atoms with Gasteiger partial charge in [-0.1, -0.05) is 36.4 Å². The quantitative estimate of drug-likeness (QED) is 0.133. The Hall–Kier alpha value is -6.52. The molecule has 0 saturated heterocycles. The maximum Gasteiger partial charge on any atom is 0.343 e. The van der Waals surface area contributed by atoms with Crippen LogP contribution in [0.4, 0.5) is 8.78 Å². The Morgan fingerprint density at radius 1 is 0.500 bits per heavy atom. The van der Waals surface area contributed by atoms with E-state index in [1.165, 1.54) is 60.7 Å². The second kappa shape index (κ2) is 13.0. The smallest absolute Gasteiger partial charge is 0.343 e. The van der Waals surface area contributed by atoms with Crippen molar-refractivity contribution in [3.63, 3.8) is 0 Å². The first-order chi connectivity index (χ1) is 21.4. The molecule has 44 heavy (non-hydrogen) atoms. The van der Waals surface area contributed by atoms with Crippen LogP contribution in [-0.4, -0.2) is 11.9 Å². The van der Waals surface area contributed by atoms with Crippen molar-refractivity contribution in [1.29, 1.82) is 10.5 Å². The van der Waals surface area contributed by atoms with Gasteiger partial charge in [0.25, 0.3) is 0 Å². The minimum Gasteiger partial charge on any atom is -0.450 e. The van der Waals surface area contributed by atoms with Crippen molar-refractivity contribution >= 4 is 11.9 Å². The summed E-state index contributed by atoms with van der Waals surface area (Å²) < 4.78 is 52.7. The predicted octanol–water partition coefficient (Wildman–Crippen LogP) is 7.73. The lowest BCUT2D eigenvalue weighted by Crippen LogP contribution is -2.08. The van der Waals surface area contributed by atoms with E-state index in [0.29, 0.717) is 11.5 Å². The van der Waals surface area contributed by atoms with E-state index >= 15 is 8.78 Å². The zero-order valence-corrected chi connectivity index (χ0v) is 22.5. The van der Waals surface area contributed by atoms with Gasteiger partial charge in [-0.25, -0.2) is 18.4 Å². The molecule has 0 unspecified atom stereocenters. The van der Waals surface area contributed by atoms with E-state index in [1.807, 2.05) is 0 Å². The Morgan fingerprint density at radius 3 is 1.16 bits per heavy atom. The third-order valence-electron chi connectivity index (χ3n) is 6.04. The molecule has 214 valence electrons. The number of esters is 2. The van der Waals surface area contributed by atoms with Crippen LogP contribution in [0.2, 0.25) is 0 Å². The van der Waals surface area contributed by atoms with Crippen molar-refractivity contribution in [1.82, 2.24) is 0 Å². The molecule has 0 atom stereocenters. The Kier molecular flexibility index (Phi) is 8.55. The molecule has 0 N–H and O–H groups in total. The van der Waals surface area contributed by atoms with Crippen LogP contribution in [0.3, 0.4) is 0 Å². The van der Waals surface area contributed by atoms with Crippen LogP contribution in [0.25, 0.3) is 0 Å². The van der Waals surface area contributed by atoms with E-state index in [4.69, 9.17) is 18.9 Å². The molecular weight excluding hydrogens is 570 g/mol. The first kappa shape index (κ1) is 29.0. The van der Waals surface area contributed by atoms with Gasteiger partial charge in [0.2, 0.25) is 11.5 Å². The van der Waals surface area contributed by atoms with Gasteiger partial charge in [-0.15, -0.1) is 0 Å². The number of nitriles is 2. The number of ether oxygens (including phenoxy) is 4. The zero-order chi connectivity index (χ0) is 31.1. The van der Waals surface area contributed by atoms with Gasteiger partial charge in [0.15, 0.2) is 11.6 Å². The van der Waals surface area contributed by atoms with Crippen LogP contribution in [0.5, 0.6) is 34.5 Å². The highest BCUT2D eigenvalue weighted by Gasteiger charge is 2.29. The average Bonchev–Trinajstić information content (AvgIpc) is 3.05. The molecular formula is C34H18F2N2O6. The first-order valence-electron chi connectivity index (χ1n) is 12.8. The fourth-order valence-electron chi connectivity index (χ4n) is 3.90. The number of rotatable bonds is 8. The second-order valence-electron chi connectivity index (χ2n) is 8.92. The highest BCUT2D eigenvalue weighted by molar-refractivity contribution is 5.91. The lowest BCUT2D eigenvalue weighted by molar-refractivity contribution is 0.0725. The molecule has 8 nitrogen and oxygen atoms in total. The van der Waals surface area contributed by atoms with Crippen LogP contribution in [0, 0.1) is 34.3 Å². The Bertz CT molecular complexity index is 1780. The summed E-state index contributed by atoms with van der Waals surface area (Å²) in [5.41, 5.74) is -1.47. The third-order valence-corrected chi connectivity index (χ3v) is 6.04. The maximum absolute atomic E-state index is 15.5. The Labute approximate surface area is 249 Å². The van der Waals surface area contributed by atoms with E-state index in [0.717, 1.165) is 0 Å². The summed E-state index contributed by atoms with van der Waals surface area (Å²) in [4.78, 5) is 24.9.